The lowest BCUT2D eigenvalue weighted by molar-refractivity contribution is -0.156. The van der Waals surface area contributed by atoms with E-state index < -0.39 is 36.0 Å². The number of nitrogens with zero attached hydrogens (tertiary/aromatic N) is 8. The number of aryl methyl sites for hydroxylation is 2. The van der Waals surface area contributed by atoms with Gasteiger partial charge in [-0.15, -0.1) is 0 Å². The predicted octanol–water partition coefficient (Wildman–Crippen LogP) is 7.55. The first-order valence-corrected chi connectivity index (χ1v) is 26.0. The zero-order chi connectivity index (χ0) is 57.2. The van der Waals surface area contributed by atoms with Crippen LogP contribution in [0.3, 0.4) is 0 Å². The van der Waals surface area contributed by atoms with Gasteiger partial charge >= 0.3 is 12.3 Å². The second-order valence-corrected chi connectivity index (χ2v) is 21.2. The van der Waals surface area contributed by atoms with Crippen LogP contribution in [0.25, 0.3) is 43.9 Å². The first-order valence-electron chi connectivity index (χ1n) is 25.2. The van der Waals surface area contributed by atoms with E-state index in [2.05, 4.69) is 15.1 Å². The van der Waals surface area contributed by atoms with Crippen molar-refractivity contribution in [1.29, 1.82) is 0 Å². The summed E-state index contributed by atoms with van der Waals surface area (Å²) in [5, 5.41) is 5.52. The molecule has 79 heavy (non-hydrogen) atoms. The van der Waals surface area contributed by atoms with Gasteiger partial charge in [0.15, 0.2) is 0 Å². The maximum absolute atomic E-state index is 13.8. The fourth-order valence-corrected chi connectivity index (χ4v) is 10.3. The van der Waals surface area contributed by atoms with E-state index in [-0.39, 0.29) is 23.2 Å². The van der Waals surface area contributed by atoms with Crippen molar-refractivity contribution in [2.75, 3.05) is 36.0 Å². The normalized spacial score (nSPS) is 15.8. The summed E-state index contributed by atoms with van der Waals surface area (Å²) in [7, 11) is 3.42. The molecule has 0 spiro atoms. The zero-order valence-electron chi connectivity index (χ0n) is 43.9. The second-order valence-electron chi connectivity index (χ2n) is 20.4. The Balaban J connectivity index is 0.000000191. The number of halogens is 5. The lowest BCUT2D eigenvalue weighted by Gasteiger charge is -2.34. The topological polar surface area (TPSA) is 254 Å². The number of anilines is 2. The van der Waals surface area contributed by atoms with Crippen molar-refractivity contribution >= 4 is 103 Å². The third-order valence-corrected chi connectivity index (χ3v) is 14.3. The molecular formula is C55H59Cl2F3N12O7. The number of carbonyl (C=O) groups excluding carboxylic acids is 4. The number of aldehydes is 1. The number of primary amides is 2. The molecule has 3 amide bonds. The number of fused-ring (bicyclic) bond motifs is 6. The number of aromatic nitrogens is 6. The lowest BCUT2D eigenvalue weighted by Crippen LogP contribution is -2.49. The molecule has 7 N–H and O–H groups in total. The number of alkyl halides is 3. The maximum atomic E-state index is 13.8. The van der Waals surface area contributed by atoms with Gasteiger partial charge in [0.1, 0.15) is 27.7 Å². The second kappa shape index (κ2) is 23.2. The minimum Gasteiger partial charge on any atom is -0.444 e. The molecule has 10 rings (SSSR count). The number of hydrogen-bond donors (Lipinski definition) is 4. The van der Waals surface area contributed by atoms with Crippen LogP contribution in [0.5, 0.6) is 0 Å². The summed E-state index contributed by atoms with van der Waals surface area (Å²) in [6.07, 6.45) is -2.68. The number of imidazole rings is 2. The Hall–Kier alpha value is -7.95. The molecule has 0 unspecified atom stereocenters. The summed E-state index contributed by atoms with van der Waals surface area (Å²) in [4.78, 5) is 86.6. The highest BCUT2D eigenvalue weighted by Gasteiger charge is 2.31. The third kappa shape index (κ3) is 12.7. The van der Waals surface area contributed by atoms with Gasteiger partial charge < -0.3 is 55.3 Å². The van der Waals surface area contributed by atoms with Gasteiger partial charge in [-0.05, 0) is 106 Å². The van der Waals surface area contributed by atoms with Crippen LogP contribution in [-0.2, 0) is 36.7 Å². The van der Waals surface area contributed by atoms with Gasteiger partial charge in [-0.3, -0.25) is 24.0 Å². The van der Waals surface area contributed by atoms with Crippen LogP contribution in [0, 0.1) is 0 Å². The summed E-state index contributed by atoms with van der Waals surface area (Å²) >= 11 is 13.0. The van der Waals surface area contributed by atoms with Gasteiger partial charge in [0.25, 0.3) is 11.1 Å². The molecule has 6 heterocycles. The van der Waals surface area contributed by atoms with Crippen LogP contribution >= 0.6 is 23.2 Å². The highest BCUT2D eigenvalue weighted by Crippen LogP contribution is 2.33. The number of alkyl carbamates (subject to hydrolysis) is 1. The molecule has 2 atom stereocenters. The van der Waals surface area contributed by atoms with Crippen LogP contribution in [0.15, 0.2) is 94.5 Å². The first-order chi connectivity index (χ1) is 37.3. The van der Waals surface area contributed by atoms with Gasteiger partial charge in [0, 0.05) is 84.3 Å². The van der Waals surface area contributed by atoms with Crippen molar-refractivity contribution in [3.8, 4) is 0 Å². The number of benzene rings is 4. The number of carbonyl (C=O) groups is 4. The molecule has 4 aromatic carbocycles. The smallest absolute Gasteiger partial charge is 0.444 e. The molecule has 19 nitrogen and oxygen atoms in total. The van der Waals surface area contributed by atoms with Gasteiger partial charge in [-0.2, -0.15) is 13.2 Å². The minimum absolute atomic E-state index is 0.0355. The van der Waals surface area contributed by atoms with Crippen LogP contribution < -0.4 is 43.4 Å². The standard InChI is InChI=1S/C29H33ClN6O4.C24H25ClN6O2.C2HF3O/c1-29(2,3)40-28(39)32-19-9-7-13-35(16-19)27-33-23-20-14-17(25(31)37)11-12-22(20)34(4)26(38)24(23)36(27)15-18-8-5-6-10-21(18)30;1-29-19-9-8-14(22(27)32)11-17(19)20-21(23(29)33)31(12-15-5-2-3-7-18(15)25)24(28-20)30-10-4-6-16(26)13-30;3-2(4,5)1-6/h5-6,8,10-12,14,19H,7,9,13,15-16H2,1-4H3,(H2,31,37)(H,32,39);2-3,5,7-9,11,16H,4,6,10,12-13,26H2,1H3,(H2,27,32);1H/t19-;16-;/m11./s1. The van der Waals surface area contributed by atoms with E-state index in [0.29, 0.717) is 110 Å². The Morgan fingerprint density at radius 2 is 1.14 bits per heavy atom. The molecule has 2 aliphatic rings. The van der Waals surface area contributed by atoms with Crippen molar-refractivity contribution in [3.63, 3.8) is 0 Å². The van der Waals surface area contributed by atoms with Crippen LogP contribution in [0.2, 0.25) is 10.0 Å². The number of amides is 3. The summed E-state index contributed by atoms with van der Waals surface area (Å²) in [6, 6.07) is 25.0. The first kappa shape index (κ1) is 57.2. The molecule has 2 fully saturated rings. The minimum atomic E-state index is -4.64. The van der Waals surface area contributed by atoms with E-state index in [0.717, 1.165) is 43.4 Å². The van der Waals surface area contributed by atoms with Gasteiger partial charge in [0.2, 0.25) is 30.0 Å². The molecule has 0 bridgehead atoms. The number of nitrogens with two attached hydrogens (primary N) is 3. The molecule has 416 valence electrons. The quantitative estimate of drug-likeness (QED) is 0.102. The van der Waals surface area contributed by atoms with E-state index in [1.54, 1.807) is 59.6 Å². The molecule has 24 heteroatoms. The highest BCUT2D eigenvalue weighted by atomic mass is 35.5. The Bertz CT molecular complexity index is 3790. The third-order valence-electron chi connectivity index (χ3n) is 13.6. The number of hydrogen-bond acceptors (Lipinski definition) is 12. The van der Waals surface area contributed by atoms with Crippen molar-refractivity contribution < 1.29 is 37.1 Å². The van der Waals surface area contributed by atoms with Crippen LogP contribution in [0.1, 0.15) is 78.3 Å². The summed E-state index contributed by atoms with van der Waals surface area (Å²) in [5.74, 6) is 0.164. The Morgan fingerprint density at radius 3 is 1.54 bits per heavy atom. The molecular weight excluding hydrogens is 1070 g/mol. The molecule has 0 aliphatic carbocycles. The molecule has 2 saturated heterocycles. The highest BCUT2D eigenvalue weighted by molar-refractivity contribution is 6.31. The Labute approximate surface area is 460 Å². The Kier molecular flexibility index (Phi) is 16.8. The summed E-state index contributed by atoms with van der Waals surface area (Å²) in [5.41, 5.74) is 22.0. The SMILES string of the molecule is Cn1c(=O)c2c(nc(N3CCC[C@@H](N)C3)n2Cc2ccccc2Cl)c2cc(C(N)=O)ccc21.Cn1c(=O)c2c(nc(N3CCC[C@@H](NC(=O)OC(C)(C)C)C3)n2Cc2ccccc2Cl)c2cc(C(N)=O)ccc21.O=CC(F)(F)F. The van der Waals surface area contributed by atoms with Gasteiger partial charge in [0.05, 0.1) is 24.1 Å². The fourth-order valence-electron chi connectivity index (χ4n) is 9.89. The van der Waals surface area contributed by atoms with Gasteiger partial charge in [-0.1, -0.05) is 59.6 Å². The van der Waals surface area contributed by atoms with Gasteiger partial charge in [-0.25, -0.2) is 14.8 Å². The average Bonchev–Trinajstić information content (AvgIpc) is 4.10. The molecule has 0 saturated carbocycles. The number of pyridine rings is 2. The molecule has 4 aromatic heterocycles. The van der Waals surface area contributed by atoms with Crippen molar-refractivity contribution in [2.24, 2.45) is 31.3 Å². The molecule has 2 aliphatic heterocycles. The average molecular weight is 1130 g/mol. The van der Waals surface area contributed by atoms with E-state index in [4.69, 9.17) is 59.9 Å². The number of rotatable bonds is 9. The fraction of sp³-hybridized carbons (Fsp3) is 0.345. The summed E-state index contributed by atoms with van der Waals surface area (Å²) in [6.45, 7) is 8.78. The van der Waals surface area contributed by atoms with E-state index >= 15 is 0 Å². The summed E-state index contributed by atoms with van der Waals surface area (Å²) < 4.78 is 43.7. The number of ether oxygens (including phenoxy) is 1. The van der Waals surface area contributed by atoms with Crippen molar-refractivity contribution in [2.45, 2.75) is 83.4 Å². The van der Waals surface area contributed by atoms with E-state index in [1.165, 1.54) is 0 Å². The number of nitrogens with one attached hydrogen (secondary N) is 1. The monoisotopic (exact) mass is 1130 g/mol. The maximum Gasteiger partial charge on any atom is 0.446 e. The van der Waals surface area contributed by atoms with Crippen molar-refractivity contribution in [3.05, 3.63) is 138 Å². The van der Waals surface area contributed by atoms with E-state index in [9.17, 15) is 37.1 Å². The van der Waals surface area contributed by atoms with Crippen LogP contribution in [-0.4, -0.2) is 102 Å². The largest absolute Gasteiger partial charge is 0.446 e. The lowest BCUT2D eigenvalue weighted by atomic mass is 10.1. The molecule has 8 aromatic rings. The zero-order valence-corrected chi connectivity index (χ0v) is 45.5. The predicted molar refractivity (Wildman–Crippen MR) is 299 cm³/mol. The van der Waals surface area contributed by atoms with Crippen molar-refractivity contribution in [1.82, 2.24) is 33.6 Å². The number of piperidine rings is 2. The Morgan fingerprint density at radius 1 is 0.709 bits per heavy atom. The molecule has 0 radical (unpaired) electrons. The van der Waals surface area contributed by atoms with E-state index in [1.807, 2.05) is 78.4 Å². The van der Waals surface area contributed by atoms with Crippen LogP contribution in [0.4, 0.5) is 29.9 Å².